The zero-order valence-corrected chi connectivity index (χ0v) is 12.6. The van der Waals surface area contributed by atoms with Gasteiger partial charge in [-0.05, 0) is 17.5 Å². The lowest BCUT2D eigenvalue weighted by atomic mass is 9.80. The Bertz CT molecular complexity index is 541. The highest BCUT2D eigenvalue weighted by Gasteiger charge is 2.48. The Morgan fingerprint density at radius 2 is 1.36 bits per heavy atom. The molecule has 0 spiro atoms. The van der Waals surface area contributed by atoms with Crippen LogP contribution >= 0.6 is 0 Å². The number of halogens is 2. The highest BCUT2D eigenvalue weighted by atomic mass is 19.3. The van der Waals surface area contributed by atoms with Crippen LogP contribution in [-0.2, 0) is 13.1 Å². The van der Waals surface area contributed by atoms with Crippen LogP contribution in [0.1, 0.15) is 24.0 Å². The van der Waals surface area contributed by atoms with Gasteiger partial charge in [-0.1, -0.05) is 60.7 Å². The average Bonchev–Trinajstić information content (AvgIpc) is 2.53. The molecule has 3 heteroatoms. The number of alkyl halides is 2. The molecule has 1 nitrogen and oxygen atoms in total. The molecule has 0 bridgehead atoms. The second-order valence-electron chi connectivity index (χ2n) is 6.14. The van der Waals surface area contributed by atoms with Crippen LogP contribution in [0.3, 0.4) is 0 Å². The molecule has 0 heterocycles. The molecule has 1 saturated carbocycles. The zero-order valence-electron chi connectivity index (χ0n) is 12.6. The lowest BCUT2D eigenvalue weighted by Crippen LogP contribution is -2.45. The van der Waals surface area contributed by atoms with Gasteiger partial charge in [-0.3, -0.25) is 4.90 Å². The van der Waals surface area contributed by atoms with Gasteiger partial charge in [0.15, 0.2) is 0 Å². The van der Waals surface area contributed by atoms with E-state index in [0.29, 0.717) is 26.1 Å². The Balaban J connectivity index is 1.70. The maximum Gasteiger partial charge on any atom is 0.252 e. The summed E-state index contributed by atoms with van der Waals surface area (Å²) in [5.41, 5.74) is 2.34. The van der Waals surface area contributed by atoms with E-state index in [1.165, 1.54) is 11.1 Å². The number of hydrogen-bond donors (Lipinski definition) is 0. The van der Waals surface area contributed by atoms with Crippen LogP contribution < -0.4 is 0 Å². The van der Waals surface area contributed by atoms with Gasteiger partial charge in [0, 0.05) is 32.0 Å². The topological polar surface area (TPSA) is 3.24 Å². The number of nitrogens with zero attached hydrogens (tertiary/aromatic N) is 1. The fraction of sp³-hybridized carbons (Fsp3) is 0.368. The Morgan fingerprint density at radius 1 is 0.864 bits per heavy atom. The molecule has 3 rings (SSSR count). The lowest BCUT2D eigenvalue weighted by molar-refractivity contribution is -0.141. The van der Waals surface area contributed by atoms with Crippen molar-refractivity contribution in [3.05, 3.63) is 71.8 Å². The quantitative estimate of drug-likeness (QED) is 0.745. The molecule has 0 radical (unpaired) electrons. The largest absolute Gasteiger partial charge is 0.294 e. The predicted octanol–water partition coefficient (Wildman–Crippen LogP) is 4.73. The fourth-order valence-electron chi connectivity index (χ4n) is 2.97. The lowest BCUT2D eigenvalue weighted by Gasteiger charge is -2.39. The summed E-state index contributed by atoms with van der Waals surface area (Å²) in [7, 11) is 0. The molecule has 1 atom stereocenters. The van der Waals surface area contributed by atoms with Crippen LogP contribution in [-0.4, -0.2) is 17.4 Å². The number of hydrogen-bond acceptors (Lipinski definition) is 1. The van der Waals surface area contributed by atoms with Crippen LogP contribution in [0.4, 0.5) is 8.78 Å². The molecular formula is C19H21F2N. The van der Waals surface area contributed by atoms with Gasteiger partial charge in [0.1, 0.15) is 0 Å². The van der Waals surface area contributed by atoms with Crippen LogP contribution in [0.2, 0.25) is 0 Å². The van der Waals surface area contributed by atoms with Crippen molar-refractivity contribution in [1.82, 2.24) is 4.90 Å². The summed E-state index contributed by atoms with van der Waals surface area (Å²) >= 11 is 0. The molecule has 1 aliphatic rings. The van der Waals surface area contributed by atoms with Gasteiger partial charge in [0.05, 0.1) is 0 Å². The first-order chi connectivity index (χ1) is 10.6. The third-order valence-electron chi connectivity index (χ3n) is 4.40. The van der Waals surface area contributed by atoms with Gasteiger partial charge in [-0.25, -0.2) is 8.78 Å². The summed E-state index contributed by atoms with van der Waals surface area (Å²) in [6.45, 7) is 1.88. The van der Waals surface area contributed by atoms with E-state index in [1.54, 1.807) is 0 Å². The summed E-state index contributed by atoms with van der Waals surface area (Å²) in [6, 6.07) is 20.1. The van der Waals surface area contributed by atoms with Crippen LogP contribution in [0.15, 0.2) is 60.7 Å². The molecule has 22 heavy (non-hydrogen) atoms. The Morgan fingerprint density at radius 3 is 1.73 bits per heavy atom. The van der Waals surface area contributed by atoms with E-state index in [9.17, 15) is 8.78 Å². The highest BCUT2D eigenvalue weighted by molar-refractivity contribution is 5.17. The minimum absolute atomic E-state index is 0.0438. The van der Waals surface area contributed by atoms with Crippen molar-refractivity contribution < 1.29 is 8.78 Å². The van der Waals surface area contributed by atoms with E-state index in [4.69, 9.17) is 0 Å². The summed E-state index contributed by atoms with van der Waals surface area (Å²) in [6.07, 6.45) is 0.676. The zero-order chi connectivity index (χ0) is 15.4. The van der Waals surface area contributed by atoms with Crippen LogP contribution in [0, 0.1) is 5.92 Å². The molecule has 1 unspecified atom stereocenters. The van der Waals surface area contributed by atoms with Crippen molar-refractivity contribution >= 4 is 0 Å². The number of benzene rings is 2. The Hall–Kier alpha value is -1.74. The van der Waals surface area contributed by atoms with E-state index in [1.807, 2.05) is 36.4 Å². The first-order valence-corrected chi connectivity index (χ1v) is 7.81. The van der Waals surface area contributed by atoms with E-state index < -0.39 is 11.8 Å². The molecule has 2 aromatic rings. The normalized spacial score (nSPS) is 19.9. The summed E-state index contributed by atoms with van der Waals surface area (Å²) in [5.74, 6) is -2.98. The molecule has 0 N–H and O–H groups in total. The maximum atomic E-state index is 13.6. The second kappa shape index (κ2) is 6.57. The molecule has 0 aliphatic heterocycles. The van der Waals surface area contributed by atoms with E-state index >= 15 is 0 Å². The minimum atomic E-state index is -2.48. The molecule has 0 aromatic heterocycles. The van der Waals surface area contributed by atoms with E-state index in [2.05, 4.69) is 29.2 Å². The smallest absolute Gasteiger partial charge is 0.252 e. The van der Waals surface area contributed by atoms with Crippen molar-refractivity contribution in [3.63, 3.8) is 0 Å². The first kappa shape index (κ1) is 15.2. The molecular weight excluding hydrogens is 280 g/mol. The monoisotopic (exact) mass is 301 g/mol. The van der Waals surface area contributed by atoms with Gasteiger partial charge in [0.25, 0.3) is 5.92 Å². The summed E-state index contributed by atoms with van der Waals surface area (Å²) in [4.78, 5) is 2.14. The Labute approximate surface area is 130 Å². The van der Waals surface area contributed by atoms with Crippen LogP contribution in [0.25, 0.3) is 0 Å². The molecule has 2 aromatic carbocycles. The van der Waals surface area contributed by atoms with Crippen LogP contribution in [0.5, 0.6) is 0 Å². The fourth-order valence-corrected chi connectivity index (χ4v) is 2.97. The summed E-state index contributed by atoms with van der Waals surface area (Å²) in [5, 5.41) is 0. The molecule has 0 amide bonds. The second-order valence-corrected chi connectivity index (χ2v) is 6.14. The number of rotatable bonds is 6. The SMILES string of the molecule is FC1(F)CCC1CN(Cc1ccccc1)Cc1ccccc1. The van der Waals surface area contributed by atoms with Gasteiger partial charge < -0.3 is 0 Å². The van der Waals surface area contributed by atoms with Crippen molar-refractivity contribution in [1.29, 1.82) is 0 Å². The van der Waals surface area contributed by atoms with Crippen molar-refractivity contribution in [2.75, 3.05) is 6.54 Å². The van der Waals surface area contributed by atoms with Gasteiger partial charge in [-0.2, -0.15) is 0 Å². The maximum absolute atomic E-state index is 13.6. The van der Waals surface area contributed by atoms with Crippen molar-refractivity contribution in [3.8, 4) is 0 Å². The van der Waals surface area contributed by atoms with Gasteiger partial charge in [0.2, 0.25) is 0 Å². The van der Waals surface area contributed by atoms with Crippen molar-refractivity contribution in [2.45, 2.75) is 31.9 Å². The van der Waals surface area contributed by atoms with E-state index in [0.717, 1.165) is 0 Å². The third-order valence-corrected chi connectivity index (χ3v) is 4.40. The molecule has 1 aliphatic carbocycles. The third kappa shape index (κ3) is 3.72. The molecule has 116 valence electrons. The first-order valence-electron chi connectivity index (χ1n) is 7.81. The van der Waals surface area contributed by atoms with Gasteiger partial charge >= 0.3 is 0 Å². The predicted molar refractivity (Wildman–Crippen MR) is 84.7 cm³/mol. The Kier molecular flexibility index (Phi) is 4.53. The summed E-state index contributed by atoms with van der Waals surface area (Å²) < 4.78 is 27.2. The highest BCUT2D eigenvalue weighted by Crippen LogP contribution is 2.43. The minimum Gasteiger partial charge on any atom is -0.294 e. The van der Waals surface area contributed by atoms with Gasteiger partial charge in [-0.15, -0.1) is 0 Å². The average molecular weight is 301 g/mol. The molecule has 1 fully saturated rings. The standard InChI is InChI=1S/C19H21F2N/c20-19(21)12-11-18(19)15-22(13-16-7-3-1-4-8-16)14-17-9-5-2-6-10-17/h1-10,18H,11-15H2. The molecule has 0 saturated heterocycles. The van der Waals surface area contributed by atoms with Crippen molar-refractivity contribution in [2.24, 2.45) is 5.92 Å². The van der Waals surface area contributed by atoms with E-state index in [-0.39, 0.29) is 6.42 Å².